The number of rotatable bonds is 44. The highest BCUT2D eigenvalue weighted by atomic mass is 16.5. The number of amides is 2. The van der Waals surface area contributed by atoms with Crippen molar-refractivity contribution in [2.75, 3.05) is 23.8 Å². The smallest absolute Gasteiger partial charge is 0.308 e. The summed E-state index contributed by atoms with van der Waals surface area (Å²) >= 11 is 0. The van der Waals surface area contributed by atoms with E-state index in [1.807, 2.05) is 27.7 Å². The van der Waals surface area contributed by atoms with E-state index >= 15 is 0 Å². The minimum absolute atomic E-state index is 0.160. The summed E-state index contributed by atoms with van der Waals surface area (Å²) in [5, 5.41) is 5.89. The molecular weight excluding hydrogens is 885 g/mol. The molecule has 2 N–H and O–H groups in total. The first-order valence-corrected chi connectivity index (χ1v) is 28.7. The molecule has 0 aliphatic heterocycles. The summed E-state index contributed by atoms with van der Waals surface area (Å²) in [6.45, 7) is 12.7. The lowest BCUT2D eigenvalue weighted by Crippen LogP contribution is -2.25. The predicted octanol–water partition coefficient (Wildman–Crippen LogP) is 17.8. The van der Waals surface area contributed by atoms with Crippen LogP contribution in [0.25, 0.3) is 0 Å². The number of ether oxygens (including phenoxy) is 3. The SMILES string of the molecule is CCCCCCCC/C=C\CCCCCCCCOC(=O)C(C)CC(C)C(=O)Nc1ccc(Oc2ccc(NC(=O)C(C)CC(C)C(=O)OCCCCCCCC/C=C\CCCCCCCC)cc2)cc1. The Kier molecular flexibility index (Phi) is 37.2. The van der Waals surface area contributed by atoms with Crippen molar-refractivity contribution in [1.82, 2.24) is 0 Å². The fourth-order valence-corrected chi connectivity index (χ4v) is 8.68. The molecule has 2 aromatic rings. The molecule has 2 rings (SSSR count). The zero-order valence-corrected chi connectivity index (χ0v) is 45.7. The molecule has 0 fully saturated rings. The second-order valence-electron chi connectivity index (χ2n) is 20.4. The standard InChI is InChI=1S/C62H100N2O7/c1-7-9-11-13-15-17-19-21-23-25-27-29-31-33-35-37-47-69-61(67)53(5)49-51(3)59(65)63-55-39-43-57(44-40-55)71-58-45-41-56(42-46-58)64-60(66)52(4)50-54(6)62(68)70-48-38-36-34-32-30-28-26-24-22-20-18-16-14-12-10-8-2/h21-24,39-46,51-54H,7-20,25-38,47-50H2,1-6H3,(H,63,65)(H,64,66)/b23-21-,24-22-. The third-order valence-electron chi connectivity index (χ3n) is 13.4. The maximum Gasteiger partial charge on any atom is 0.308 e. The number of esters is 2. The van der Waals surface area contributed by atoms with Gasteiger partial charge in [0.05, 0.1) is 25.0 Å². The van der Waals surface area contributed by atoms with Gasteiger partial charge in [0.2, 0.25) is 11.8 Å². The Labute approximate surface area is 432 Å². The van der Waals surface area contributed by atoms with Gasteiger partial charge < -0.3 is 24.8 Å². The summed E-state index contributed by atoms with van der Waals surface area (Å²) in [5.74, 6) is -1.12. The number of allylic oxidation sites excluding steroid dienone is 4. The molecule has 0 aliphatic rings. The average molecular weight is 985 g/mol. The van der Waals surface area contributed by atoms with Crippen LogP contribution in [0.5, 0.6) is 11.5 Å². The normalized spacial score (nSPS) is 13.2. The van der Waals surface area contributed by atoms with E-state index in [0.29, 0.717) is 48.9 Å². The Balaban J connectivity index is 1.54. The third-order valence-corrected chi connectivity index (χ3v) is 13.4. The minimum Gasteiger partial charge on any atom is -0.465 e. The van der Waals surface area contributed by atoms with E-state index in [2.05, 4.69) is 48.8 Å². The van der Waals surface area contributed by atoms with Crippen molar-refractivity contribution < 1.29 is 33.4 Å². The van der Waals surface area contributed by atoms with Gasteiger partial charge in [0.25, 0.3) is 0 Å². The van der Waals surface area contributed by atoms with Gasteiger partial charge in [-0.15, -0.1) is 0 Å². The van der Waals surface area contributed by atoms with Gasteiger partial charge in [-0.1, -0.05) is 181 Å². The van der Waals surface area contributed by atoms with Crippen LogP contribution in [0.4, 0.5) is 11.4 Å². The van der Waals surface area contributed by atoms with Crippen LogP contribution in [-0.2, 0) is 28.7 Å². The molecule has 71 heavy (non-hydrogen) atoms. The van der Waals surface area contributed by atoms with Gasteiger partial charge in [-0.3, -0.25) is 19.2 Å². The van der Waals surface area contributed by atoms with Crippen LogP contribution in [-0.4, -0.2) is 37.0 Å². The van der Waals surface area contributed by atoms with Gasteiger partial charge in [-0.25, -0.2) is 0 Å². The number of carbonyl (C=O) groups is 4. The van der Waals surface area contributed by atoms with E-state index in [-0.39, 0.29) is 47.4 Å². The quantitative estimate of drug-likeness (QED) is 0.0385. The van der Waals surface area contributed by atoms with Gasteiger partial charge >= 0.3 is 11.9 Å². The second-order valence-corrected chi connectivity index (χ2v) is 20.4. The van der Waals surface area contributed by atoms with E-state index in [4.69, 9.17) is 14.2 Å². The molecule has 0 heterocycles. The molecule has 9 heteroatoms. The van der Waals surface area contributed by atoms with E-state index in [1.165, 1.54) is 141 Å². The largest absolute Gasteiger partial charge is 0.465 e. The third kappa shape index (κ3) is 33.1. The molecule has 4 atom stereocenters. The molecule has 0 aliphatic carbocycles. The summed E-state index contributed by atoms with van der Waals surface area (Å²) < 4.78 is 17.1. The van der Waals surface area contributed by atoms with Crippen molar-refractivity contribution in [3.05, 3.63) is 72.8 Å². The van der Waals surface area contributed by atoms with Crippen molar-refractivity contribution in [1.29, 1.82) is 0 Å². The molecule has 4 unspecified atom stereocenters. The van der Waals surface area contributed by atoms with Crippen LogP contribution in [0.2, 0.25) is 0 Å². The number of benzene rings is 2. The summed E-state index contributed by atoms with van der Waals surface area (Å²) in [7, 11) is 0. The zero-order valence-electron chi connectivity index (χ0n) is 45.7. The Hall–Kier alpha value is -4.40. The molecule has 0 radical (unpaired) electrons. The Morgan fingerprint density at radius 1 is 0.394 bits per heavy atom. The lowest BCUT2D eigenvalue weighted by atomic mass is 9.96. The minimum atomic E-state index is -0.372. The Bertz CT molecular complexity index is 1600. The van der Waals surface area contributed by atoms with Crippen LogP contribution >= 0.6 is 0 Å². The van der Waals surface area contributed by atoms with Crippen LogP contribution in [0.15, 0.2) is 72.8 Å². The van der Waals surface area contributed by atoms with Crippen molar-refractivity contribution in [3.8, 4) is 11.5 Å². The Morgan fingerprint density at radius 2 is 0.676 bits per heavy atom. The molecule has 2 amide bonds. The number of unbranched alkanes of at least 4 members (excludes halogenated alkanes) is 24. The van der Waals surface area contributed by atoms with Gasteiger partial charge in [-0.05, 0) is 126 Å². The monoisotopic (exact) mass is 985 g/mol. The molecule has 0 saturated carbocycles. The van der Waals surface area contributed by atoms with Gasteiger partial charge in [0.1, 0.15) is 11.5 Å². The zero-order chi connectivity index (χ0) is 51.6. The summed E-state index contributed by atoms with van der Waals surface area (Å²) in [6.07, 6.45) is 44.8. The number of carbonyl (C=O) groups excluding carboxylic acids is 4. The van der Waals surface area contributed by atoms with Crippen molar-refractivity contribution in [3.63, 3.8) is 0 Å². The molecule has 0 saturated heterocycles. The van der Waals surface area contributed by atoms with Crippen LogP contribution in [0, 0.1) is 23.7 Å². The first-order valence-electron chi connectivity index (χ1n) is 28.7. The fourth-order valence-electron chi connectivity index (χ4n) is 8.68. The molecule has 400 valence electrons. The van der Waals surface area contributed by atoms with Crippen molar-refractivity contribution >= 4 is 35.1 Å². The molecule has 9 nitrogen and oxygen atoms in total. The van der Waals surface area contributed by atoms with Gasteiger partial charge in [0, 0.05) is 23.2 Å². The van der Waals surface area contributed by atoms with Gasteiger partial charge in [-0.2, -0.15) is 0 Å². The number of hydrogen-bond acceptors (Lipinski definition) is 7. The summed E-state index contributed by atoms with van der Waals surface area (Å²) in [6, 6.07) is 14.2. The average Bonchev–Trinajstić information content (AvgIpc) is 3.36. The Morgan fingerprint density at radius 3 is 0.986 bits per heavy atom. The van der Waals surface area contributed by atoms with Gasteiger partial charge in [0.15, 0.2) is 0 Å². The van der Waals surface area contributed by atoms with Crippen molar-refractivity contribution in [2.45, 2.75) is 234 Å². The highest BCUT2D eigenvalue weighted by Gasteiger charge is 2.23. The number of hydrogen-bond donors (Lipinski definition) is 2. The first kappa shape index (κ1) is 62.7. The summed E-state index contributed by atoms with van der Waals surface area (Å²) in [4.78, 5) is 51.3. The second kappa shape index (κ2) is 42.1. The molecule has 2 aromatic carbocycles. The highest BCUT2D eigenvalue weighted by Crippen LogP contribution is 2.26. The number of nitrogens with one attached hydrogen (secondary N) is 2. The van der Waals surface area contributed by atoms with Crippen molar-refractivity contribution in [2.24, 2.45) is 23.7 Å². The molecule has 0 aromatic heterocycles. The highest BCUT2D eigenvalue weighted by molar-refractivity contribution is 5.93. The van der Waals surface area contributed by atoms with E-state index in [9.17, 15) is 19.2 Å². The van der Waals surface area contributed by atoms with Crippen LogP contribution in [0.1, 0.15) is 234 Å². The van der Waals surface area contributed by atoms with E-state index in [0.717, 1.165) is 38.5 Å². The molecule has 0 bridgehead atoms. The maximum atomic E-state index is 13.0. The van der Waals surface area contributed by atoms with E-state index < -0.39 is 0 Å². The first-order chi connectivity index (χ1) is 34.5. The molecular formula is C62H100N2O7. The fraction of sp³-hybridized carbons (Fsp3) is 0.677. The number of anilines is 2. The molecule has 0 spiro atoms. The lowest BCUT2D eigenvalue weighted by molar-refractivity contribution is -0.149. The topological polar surface area (TPSA) is 120 Å². The lowest BCUT2D eigenvalue weighted by Gasteiger charge is -2.17. The van der Waals surface area contributed by atoms with Crippen LogP contribution in [0.3, 0.4) is 0 Å². The summed E-state index contributed by atoms with van der Waals surface area (Å²) in [5.41, 5.74) is 1.26. The maximum absolute atomic E-state index is 13.0. The van der Waals surface area contributed by atoms with Crippen LogP contribution < -0.4 is 15.4 Å². The van der Waals surface area contributed by atoms with E-state index in [1.54, 1.807) is 48.5 Å². The predicted molar refractivity (Wildman–Crippen MR) is 297 cm³/mol.